The number of nitrogens with zero attached hydrogens (tertiary/aromatic N) is 2. The van der Waals surface area contributed by atoms with Crippen LogP contribution in [0.4, 0.5) is 0 Å². The number of amides is 2. The number of morpholine rings is 1. The Morgan fingerprint density at radius 1 is 1.23 bits per heavy atom. The van der Waals surface area contributed by atoms with Crippen LogP contribution in [0.2, 0.25) is 0 Å². The van der Waals surface area contributed by atoms with E-state index in [0.717, 1.165) is 38.8 Å². The lowest BCUT2D eigenvalue weighted by atomic mass is 9.77. The highest BCUT2D eigenvalue weighted by Gasteiger charge is 2.52. The van der Waals surface area contributed by atoms with Gasteiger partial charge < -0.3 is 34.6 Å². The van der Waals surface area contributed by atoms with Crippen LogP contribution in [-0.2, 0) is 14.3 Å². The third-order valence-corrected chi connectivity index (χ3v) is 8.52. The van der Waals surface area contributed by atoms with Crippen LogP contribution in [-0.4, -0.2) is 116 Å². The summed E-state index contributed by atoms with van der Waals surface area (Å²) in [6.07, 6.45) is 3.97. The average molecular weight is 558 g/mol. The molecule has 2 amide bonds. The quantitative estimate of drug-likeness (QED) is 0.351. The molecular weight excluding hydrogens is 518 g/mol. The van der Waals surface area contributed by atoms with Crippen LogP contribution in [0.5, 0.6) is 11.5 Å². The Hall–Kier alpha value is -2.99. The van der Waals surface area contributed by atoms with E-state index in [1.165, 1.54) is 7.11 Å². The van der Waals surface area contributed by atoms with Crippen LogP contribution in [0.3, 0.4) is 0 Å². The van der Waals surface area contributed by atoms with Crippen molar-refractivity contribution in [1.29, 1.82) is 0 Å². The molecule has 2 fully saturated rings. The van der Waals surface area contributed by atoms with Gasteiger partial charge in [0.2, 0.25) is 11.8 Å². The minimum absolute atomic E-state index is 0.0176. The van der Waals surface area contributed by atoms with Crippen molar-refractivity contribution >= 4 is 18.1 Å². The summed E-state index contributed by atoms with van der Waals surface area (Å²) in [6, 6.07) is 2.41. The molecule has 2 aliphatic carbocycles. The standard InChI is InChI=1S/C29H39N3O8/c1-38-23-15-18(17-34)14-20-24-21(28(36)30-6-11-33)16-22(25(35)27(24)40-26(20)23)32(29(37)19-4-2-3-5-19)8-7-31-9-12-39-13-10-31/h14-17,19,22,24-25,27,33,35H,2-13H2,1H3,(H,30,36)/t22-,24+,25+,27+/m1/s1. The number of rotatable bonds is 10. The smallest absolute Gasteiger partial charge is 0.247 e. The molecule has 11 heteroatoms. The van der Waals surface area contributed by atoms with Crippen molar-refractivity contribution in [3.8, 4) is 11.5 Å². The summed E-state index contributed by atoms with van der Waals surface area (Å²) in [5.41, 5.74) is 1.25. The fourth-order valence-corrected chi connectivity index (χ4v) is 6.45. The van der Waals surface area contributed by atoms with E-state index in [2.05, 4.69) is 10.2 Å². The lowest BCUT2D eigenvalue weighted by molar-refractivity contribution is -0.141. The van der Waals surface area contributed by atoms with Gasteiger partial charge in [-0.2, -0.15) is 0 Å². The zero-order valence-corrected chi connectivity index (χ0v) is 22.9. The van der Waals surface area contributed by atoms with Crippen molar-refractivity contribution in [1.82, 2.24) is 15.1 Å². The van der Waals surface area contributed by atoms with Crippen molar-refractivity contribution < 1.29 is 38.8 Å². The maximum Gasteiger partial charge on any atom is 0.247 e. The molecule has 11 nitrogen and oxygen atoms in total. The Morgan fingerprint density at radius 3 is 2.65 bits per heavy atom. The molecule has 0 bridgehead atoms. The minimum Gasteiger partial charge on any atom is -0.493 e. The summed E-state index contributed by atoms with van der Waals surface area (Å²) in [6.45, 7) is 3.64. The summed E-state index contributed by atoms with van der Waals surface area (Å²) in [4.78, 5) is 43.0. The fraction of sp³-hybridized carbons (Fsp3) is 0.621. The molecule has 2 heterocycles. The first-order chi connectivity index (χ1) is 19.5. The van der Waals surface area contributed by atoms with Gasteiger partial charge in [-0.15, -0.1) is 0 Å². The number of carbonyl (C=O) groups is 3. The van der Waals surface area contributed by atoms with Gasteiger partial charge in [0, 0.05) is 55.3 Å². The van der Waals surface area contributed by atoms with Crippen LogP contribution >= 0.6 is 0 Å². The van der Waals surface area contributed by atoms with Crippen LogP contribution in [0.15, 0.2) is 23.8 Å². The number of aliphatic hydroxyl groups excluding tert-OH is 2. The molecular formula is C29H39N3O8. The zero-order chi connectivity index (χ0) is 28.2. The molecule has 3 N–H and O–H groups in total. The van der Waals surface area contributed by atoms with Gasteiger partial charge in [0.05, 0.1) is 38.9 Å². The molecule has 4 aliphatic rings. The van der Waals surface area contributed by atoms with Gasteiger partial charge in [0.25, 0.3) is 0 Å². The highest BCUT2D eigenvalue weighted by Crippen LogP contribution is 2.51. The van der Waals surface area contributed by atoms with Gasteiger partial charge in [0.1, 0.15) is 18.5 Å². The van der Waals surface area contributed by atoms with Gasteiger partial charge in [0.15, 0.2) is 11.5 Å². The second kappa shape index (κ2) is 12.7. The third-order valence-electron chi connectivity index (χ3n) is 8.52. The number of nitrogens with one attached hydrogen (secondary N) is 1. The number of benzene rings is 1. The summed E-state index contributed by atoms with van der Waals surface area (Å²) in [5, 5.41) is 23.9. The average Bonchev–Trinajstić information content (AvgIpc) is 3.66. The molecule has 0 spiro atoms. The topological polar surface area (TPSA) is 138 Å². The Labute approximate surface area is 234 Å². The number of ether oxygens (including phenoxy) is 3. The fourth-order valence-electron chi connectivity index (χ4n) is 6.45. The Balaban J connectivity index is 1.53. The number of carbonyl (C=O) groups excluding carboxylic acids is 3. The van der Waals surface area contributed by atoms with Crippen LogP contribution in [0.1, 0.15) is 47.5 Å². The van der Waals surface area contributed by atoms with E-state index in [1.807, 2.05) is 0 Å². The number of hydrogen-bond donors (Lipinski definition) is 3. The molecule has 218 valence electrons. The highest BCUT2D eigenvalue weighted by atomic mass is 16.5. The van der Waals surface area contributed by atoms with Crippen molar-refractivity contribution in [3.63, 3.8) is 0 Å². The monoisotopic (exact) mass is 557 g/mol. The molecule has 1 aromatic rings. The van der Waals surface area contributed by atoms with E-state index in [-0.39, 0.29) is 25.0 Å². The number of fused-ring (bicyclic) bond motifs is 3. The van der Waals surface area contributed by atoms with Gasteiger partial charge in [-0.1, -0.05) is 12.8 Å². The lowest BCUT2D eigenvalue weighted by Crippen LogP contribution is -2.58. The van der Waals surface area contributed by atoms with E-state index >= 15 is 0 Å². The molecule has 5 rings (SSSR count). The Bertz CT molecular complexity index is 1130. The molecule has 1 saturated heterocycles. The molecule has 2 aliphatic heterocycles. The first-order valence-electron chi connectivity index (χ1n) is 14.2. The van der Waals surface area contributed by atoms with E-state index < -0.39 is 30.1 Å². The predicted octanol–water partition coefficient (Wildman–Crippen LogP) is 0.481. The summed E-state index contributed by atoms with van der Waals surface area (Å²) < 4.78 is 17.2. The van der Waals surface area contributed by atoms with Gasteiger partial charge in [-0.05, 0) is 31.1 Å². The SMILES string of the molecule is COc1cc(C=O)cc2c1O[C@@H]1[C@@H](O)[C@H](N(CCN3CCOCC3)C(=O)C3CCCC3)C=C(C(=O)NCCO)[C@H]21. The van der Waals surface area contributed by atoms with Crippen molar-refractivity contribution in [2.45, 2.75) is 49.9 Å². The van der Waals surface area contributed by atoms with E-state index in [4.69, 9.17) is 14.2 Å². The molecule has 0 radical (unpaired) electrons. The summed E-state index contributed by atoms with van der Waals surface area (Å²) in [7, 11) is 1.47. The van der Waals surface area contributed by atoms with Gasteiger partial charge in [-0.25, -0.2) is 0 Å². The first-order valence-corrected chi connectivity index (χ1v) is 14.2. The van der Waals surface area contributed by atoms with Crippen molar-refractivity contribution in [2.75, 3.05) is 59.7 Å². The summed E-state index contributed by atoms with van der Waals surface area (Å²) in [5.74, 6) is -0.543. The maximum atomic E-state index is 13.9. The number of hydrogen-bond acceptors (Lipinski definition) is 9. The Morgan fingerprint density at radius 2 is 1.98 bits per heavy atom. The molecule has 4 atom stereocenters. The van der Waals surface area contributed by atoms with Crippen LogP contribution in [0.25, 0.3) is 0 Å². The maximum absolute atomic E-state index is 13.9. The number of aliphatic hydroxyl groups is 2. The van der Waals surface area contributed by atoms with Gasteiger partial charge in [-0.3, -0.25) is 19.3 Å². The number of aldehydes is 1. The first kappa shape index (κ1) is 28.5. The second-order valence-electron chi connectivity index (χ2n) is 10.9. The summed E-state index contributed by atoms with van der Waals surface area (Å²) >= 11 is 0. The number of methoxy groups -OCH3 is 1. The molecule has 0 aromatic heterocycles. The van der Waals surface area contributed by atoms with E-state index in [9.17, 15) is 24.6 Å². The van der Waals surface area contributed by atoms with Crippen LogP contribution < -0.4 is 14.8 Å². The molecule has 0 unspecified atom stereocenters. The second-order valence-corrected chi connectivity index (χ2v) is 10.9. The minimum atomic E-state index is -1.13. The van der Waals surface area contributed by atoms with Crippen molar-refractivity contribution in [3.05, 3.63) is 34.9 Å². The van der Waals surface area contributed by atoms with Crippen LogP contribution in [0, 0.1) is 5.92 Å². The van der Waals surface area contributed by atoms with Gasteiger partial charge >= 0.3 is 0 Å². The molecule has 1 saturated carbocycles. The molecule has 40 heavy (non-hydrogen) atoms. The third kappa shape index (κ3) is 5.60. The van der Waals surface area contributed by atoms with E-state index in [1.54, 1.807) is 23.1 Å². The normalized spacial score (nSPS) is 26.3. The van der Waals surface area contributed by atoms with Crippen molar-refractivity contribution in [2.24, 2.45) is 5.92 Å². The lowest BCUT2D eigenvalue weighted by Gasteiger charge is -2.42. The predicted molar refractivity (Wildman–Crippen MR) is 144 cm³/mol. The molecule has 1 aromatic carbocycles. The highest BCUT2D eigenvalue weighted by molar-refractivity contribution is 5.96. The Kier molecular flexibility index (Phi) is 9.04. The van der Waals surface area contributed by atoms with E-state index in [0.29, 0.717) is 60.8 Å². The zero-order valence-electron chi connectivity index (χ0n) is 22.9. The largest absolute Gasteiger partial charge is 0.493 e.